The zero-order chi connectivity index (χ0) is 11.3. The zero-order valence-electron chi connectivity index (χ0n) is 10.2. The SMILES string of the molecule is CN(CCCC(C)(N)CO)CC1CCC1. The Bertz CT molecular complexity index is 178. The molecule has 1 saturated carbocycles. The second-order valence-corrected chi connectivity index (χ2v) is 5.47. The summed E-state index contributed by atoms with van der Waals surface area (Å²) in [6.07, 6.45) is 6.23. The van der Waals surface area contributed by atoms with Crippen LogP contribution >= 0.6 is 0 Å². The lowest BCUT2D eigenvalue weighted by molar-refractivity contribution is 0.178. The van der Waals surface area contributed by atoms with Crippen molar-refractivity contribution in [3.63, 3.8) is 0 Å². The van der Waals surface area contributed by atoms with E-state index < -0.39 is 5.54 Å². The molecule has 0 aromatic rings. The Balaban J connectivity index is 2.03. The lowest BCUT2D eigenvalue weighted by atomic mass is 9.85. The Labute approximate surface area is 93.6 Å². The van der Waals surface area contributed by atoms with Crippen LogP contribution in [0.1, 0.15) is 39.0 Å². The molecule has 1 aliphatic rings. The van der Waals surface area contributed by atoms with Gasteiger partial charge in [-0.1, -0.05) is 6.42 Å². The van der Waals surface area contributed by atoms with E-state index >= 15 is 0 Å². The first-order chi connectivity index (χ1) is 7.03. The summed E-state index contributed by atoms with van der Waals surface area (Å²) >= 11 is 0. The van der Waals surface area contributed by atoms with Gasteiger partial charge >= 0.3 is 0 Å². The highest BCUT2D eigenvalue weighted by atomic mass is 16.3. The van der Waals surface area contributed by atoms with Crippen molar-refractivity contribution in [2.75, 3.05) is 26.7 Å². The van der Waals surface area contributed by atoms with E-state index in [9.17, 15) is 0 Å². The maximum Gasteiger partial charge on any atom is 0.0608 e. The van der Waals surface area contributed by atoms with E-state index in [-0.39, 0.29) is 6.61 Å². The maximum atomic E-state index is 9.01. The number of hydrogen-bond donors (Lipinski definition) is 2. The Morgan fingerprint density at radius 3 is 2.60 bits per heavy atom. The molecule has 0 spiro atoms. The van der Waals surface area contributed by atoms with Crippen LogP contribution in [0.15, 0.2) is 0 Å². The first kappa shape index (κ1) is 12.9. The average Bonchev–Trinajstić information content (AvgIpc) is 2.11. The van der Waals surface area contributed by atoms with Crippen LogP contribution in [0.25, 0.3) is 0 Å². The van der Waals surface area contributed by atoms with Crippen molar-refractivity contribution in [3.05, 3.63) is 0 Å². The third kappa shape index (κ3) is 4.96. The number of nitrogens with two attached hydrogens (primary N) is 1. The summed E-state index contributed by atoms with van der Waals surface area (Å²) in [5.41, 5.74) is 5.48. The highest BCUT2D eigenvalue weighted by Crippen LogP contribution is 2.26. The normalized spacial score (nSPS) is 21.4. The number of hydrogen-bond acceptors (Lipinski definition) is 3. The van der Waals surface area contributed by atoms with Gasteiger partial charge in [0.05, 0.1) is 6.61 Å². The fraction of sp³-hybridized carbons (Fsp3) is 1.00. The molecule has 0 aromatic carbocycles. The molecule has 1 unspecified atom stereocenters. The van der Waals surface area contributed by atoms with Gasteiger partial charge in [-0.2, -0.15) is 0 Å². The van der Waals surface area contributed by atoms with E-state index in [1.54, 1.807) is 0 Å². The molecular formula is C12H26N2O. The molecule has 0 bridgehead atoms. The summed E-state index contributed by atoms with van der Waals surface area (Å²) in [6.45, 7) is 4.34. The second-order valence-electron chi connectivity index (χ2n) is 5.47. The minimum Gasteiger partial charge on any atom is -0.394 e. The first-order valence-electron chi connectivity index (χ1n) is 6.12. The number of aliphatic hydroxyl groups is 1. The highest BCUT2D eigenvalue weighted by molar-refractivity contribution is 4.78. The van der Waals surface area contributed by atoms with Gasteiger partial charge in [0, 0.05) is 12.1 Å². The van der Waals surface area contributed by atoms with Crippen molar-refractivity contribution in [3.8, 4) is 0 Å². The second kappa shape index (κ2) is 5.83. The topological polar surface area (TPSA) is 49.5 Å². The lowest BCUT2D eigenvalue weighted by Crippen LogP contribution is -2.41. The van der Waals surface area contributed by atoms with Crippen LogP contribution in [-0.4, -0.2) is 42.3 Å². The van der Waals surface area contributed by atoms with Gasteiger partial charge in [-0.3, -0.25) is 0 Å². The summed E-state index contributed by atoms with van der Waals surface area (Å²) in [4.78, 5) is 2.40. The van der Waals surface area contributed by atoms with Crippen LogP contribution in [-0.2, 0) is 0 Å². The van der Waals surface area contributed by atoms with Crippen molar-refractivity contribution in [1.82, 2.24) is 4.90 Å². The molecule has 3 nitrogen and oxygen atoms in total. The predicted octanol–water partition coefficient (Wildman–Crippen LogP) is 1.21. The molecule has 1 atom stereocenters. The Kier molecular flexibility index (Phi) is 5.03. The van der Waals surface area contributed by atoms with Gasteiger partial charge in [-0.25, -0.2) is 0 Å². The van der Waals surface area contributed by atoms with Gasteiger partial charge in [-0.15, -0.1) is 0 Å². The van der Waals surface area contributed by atoms with E-state index in [4.69, 9.17) is 10.8 Å². The standard InChI is InChI=1S/C12H26N2O/c1-12(13,10-15)7-4-8-14(2)9-11-5-3-6-11/h11,15H,3-10,13H2,1-2H3. The van der Waals surface area contributed by atoms with Crippen LogP contribution in [0.4, 0.5) is 0 Å². The van der Waals surface area contributed by atoms with Gasteiger partial charge in [0.2, 0.25) is 0 Å². The lowest BCUT2D eigenvalue weighted by Gasteiger charge is -2.30. The van der Waals surface area contributed by atoms with Crippen molar-refractivity contribution in [2.24, 2.45) is 11.7 Å². The molecule has 0 amide bonds. The molecule has 0 radical (unpaired) electrons. The fourth-order valence-corrected chi connectivity index (χ4v) is 2.04. The van der Waals surface area contributed by atoms with Crippen LogP contribution in [0.2, 0.25) is 0 Å². The maximum absolute atomic E-state index is 9.01. The molecule has 90 valence electrons. The minimum atomic E-state index is -0.392. The van der Waals surface area contributed by atoms with Crippen LogP contribution in [0, 0.1) is 5.92 Å². The van der Waals surface area contributed by atoms with Gasteiger partial charge in [-0.05, 0) is 52.1 Å². The smallest absolute Gasteiger partial charge is 0.0608 e. The third-order valence-electron chi connectivity index (χ3n) is 3.44. The highest BCUT2D eigenvalue weighted by Gasteiger charge is 2.20. The minimum absolute atomic E-state index is 0.0827. The summed E-state index contributed by atoms with van der Waals surface area (Å²) in [7, 11) is 2.19. The van der Waals surface area contributed by atoms with Crippen LogP contribution < -0.4 is 5.73 Å². The molecule has 0 saturated heterocycles. The number of rotatable bonds is 7. The largest absolute Gasteiger partial charge is 0.394 e. The van der Waals surface area contributed by atoms with Crippen molar-refractivity contribution in [2.45, 2.75) is 44.6 Å². The zero-order valence-corrected chi connectivity index (χ0v) is 10.2. The summed E-state index contributed by atoms with van der Waals surface area (Å²) in [5, 5.41) is 9.01. The third-order valence-corrected chi connectivity index (χ3v) is 3.44. The van der Waals surface area contributed by atoms with Gasteiger partial charge in [0.15, 0.2) is 0 Å². The van der Waals surface area contributed by atoms with Crippen LogP contribution in [0.3, 0.4) is 0 Å². The predicted molar refractivity (Wildman–Crippen MR) is 63.8 cm³/mol. The van der Waals surface area contributed by atoms with E-state index in [2.05, 4.69) is 11.9 Å². The molecule has 3 N–H and O–H groups in total. The van der Waals surface area contributed by atoms with E-state index in [1.807, 2.05) is 6.92 Å². The van der Waals surface area contributed by atoms with E-state index in [0.29, 0.717) is 0 Å². The summed E-state index contributed by atoms with van der Waals surface area (Å²) in [6, 6.07) is 0. The van der Waals surface area contributed by atoms with E-state index in [1.165, 1.54) is 25.8 Å². The Morgan fingerprint density at radius 1 is 1.47 bits per heavy atom. The summed E-state index contributed by atoms with van der Waals surface area (Å²) < 4.78 is 0. The Morgan fingerprint density at radius 2 is 2.13 bits per heavy atom. The molecule has 0 aromatic heterocycles. The van der Waals surface area contributed by atoms with Gasteiger partial charge in [0.25, 0.3) is 0 Å². The Hall–Kier alpha value is -0.120. The van der Waals surface area contributed by atoms with Gasteiger partial charge < -0.3 is 15.7 Å². The van der Waals surface area contributed by atoms with Crippen LogP contribution in [0.5, 0.6) is 0 Å². The molecule has 3 heteroatoms. The van der Waals surface area contributed by atoms with E-state index in [0.717, 1.165) is 25.3 Å². The number of aliphatic hydroxyl groups excluding tert-OH is 1. The average molecular weight is 214 g/mol. The molecule has 0 heterocycles. The first-order valence-corrected chi connectivity index (χ1v) is 6.12. The van der Waals surface area contributed by atoms with Crippen molar-refractivity contribution in [1.29, 1.82) is 0 Å². The molecule has 1 rings (SSSR count). The van der Waals surface area contributed by atoms with Gasteiger partial charge in [0.1, 0.15) is 0 Å². The monoisotopic (exact) mass is 214 g/mol. The molecule has 1 fully saturated rings. The fourth-order valence-electron chi connectivity index (χ4n) is 2.04. The van der Waals surface area contributed by atoms with Crippen molar-refractivity contribution < 1.29 is 5.11 Å². The quantitative estimate of drug-likeness (QED) is 0.669. The van der Waals surface area contributed by atoms with Crippen molar-refractivity contribution >= 4 is 0 Å². The molecular weight excluding hydrogens is 188 g/mol. The summed E-state index contributed by atoms with van der Waals surface area (Å²) in [5.74, 6) is 0.942. The molecule has 0 aliphatic heterocycles. The molecule has 15 heavy (non-hydrogen) atoms. The molecule has 1 aliphatic carbocycles. The number of nitrogens with zero attached hydrogens (tertiary/aromatic N) is 1.